The van der Waals surface area contributed by atoms with Crippen molar-refractivity contribution in [1.82, 2.24) is 10.4 Å². The molecule has 2 nitrogen and oxygen atoms in total. The molecule has 3 rings (SSSR count). The van der Waals surface area contributed by atoms with Gasteiger partial charge in [0.05, 0.1) is 0 Å². The molecule has 21 heavy (non-hydrogen) atoms. The number of fused-ring (bicyclic) bond motifs is 1. The summed E-state index contributed by atoms with van der Waals surface area (Å²) in [5.74, 6) is 0. The molecule has 0 aromatic heterocycles. The molecular formula is C19H24N2. The van der Waals surface area contributed by atoms with E-state index in [0.717, 1.165) is 19.4 Å². The van der Waals surface area contributed by atoms with Crippen LogP contribution in [-0.4, -0.2) is 17.1 Å². The predicted octanol–water partition coefficient (Wildman–Crippen LogP) is 3.57. The Labute approximate surface area is 127 Å². The van der Waals surface area contributed by atoms with Gasteiger partial charge in [0, 0.05) is 18.6 Å². The lowest BCUT2D eigenvalue weighted by Crippen LogP contribution is -2.49. The summed E-state index contributed by atoms with van der Waals surface area (Å²) in [4.78, 5) is 0. The van der Waals surface area contributed by atoms with E-state index in [0.29, 0.717) is 12.1 Å². The van der Waals surface area contributed by atoms with E-state index in [-0.39, 0.29) is 0 Å². The third-order valence-electron chi connectivity index (χ3n) is 4.29. The van der Waals surface area contributed by atoms with Gasteiger partial charge in [0.15, 0.2) is 0 Å². The van der Waals surface area contributed by atoms with Crippen molar-refractivity contribution >= 4 is 0 Å². The van der Waals surface area contributed by atoms with Crippen molar-refractivity contribution in [1.29, 1.82) is 0 Å². The van der Waals surface area contributed by atoms with E-state index < -0.39 is 0 Å². The monoisotopic (exact) mass is 280 g/mol. The van der Waals surface area contributed by atoms with Crippen LogP contribution in [0, 0.1) is 0 Å². The summed E-state index contributed by atoms with van der Waals surface area (Å²) in [5.41, 5.74) is 8.00. The number of hydrogen-bond donors (Lipinski definition) is 1. The fraction of sp³-hybridized carbons (Fsp3) is 0.368. The molecule has 0 fully saturated rings. The Morgan fingerprint density at radius 1 is 0.952 bits per heavy atom. The fourth-order valence-corrected chi connectivity index (χ4v) is 3.24. The molecule has 110 valence electrons. The Morgan fingerprint density at radius 2 is 1.52 bits per heavy atom. The minimum absolute atomic E-state index is 0.494. The zero-order valence-electron chi connectivity index (χ0n) is 12.9. The first-order valence-electron chi connectivity index (χ1n) is 7.86. The summed E-state index contributed by atoms with van der Waals surface area (Å²) in [5, 5.41) is 2.44. The molecule has 1 aliphatic carbocycles. The van der Waals surface area contributed by atoms with Crippen molar-refractivity contribution in [2.45, 2.75) is 45.3 Å². The van der Waals surface area contributed by atoms with E-state index in [4.69, 9.17) is 0 Å². The van der Waals surface area contributed by atoms with Gasteiger partial charge in [-0.15, -0.1) is 0 Å². The summed E-state index contributed by atoms with van der Waals surface area (Å²) < 4.78 is 0. The fourth-order valence-electron chi connectivity index (χ4n) is 3.24. The number of benzene rings is 2. The van der Waals surface area contributed by atoms with Crippen molar-refractivity contribution in [2.24, 2.45) is 0 Å². The highest BCUT2D eigenvalue weighted by Crippen LogP contribution is 2.25. The first-order chi connectivity index (χ1) is 10.2. The van der Waals surface area contributed by atoms with Crippen LogP contribution < -0.4 is 5.43 Å². The number of hydrogen-bond acceptors (Lipinski definition) is 2. The lowest BCUT2D eigenvalue weighted by Gasteiger charge is -2.33. The molecule has 0 atom stereocenters. The van der Waals surface area contributed by atoms with E-state index in [1.54, 1.807) is 0 Å². The van der Waals surface area contributed by atoms with Crippen molar-refractivity contribution < 1.29 is 0 Å². The molecule has 0 bridgehead atoms. The van der Waals surface area contributed by atoms with Crippen LogP contribution in [0.25, 0.3) is 0 Å². The van der Waals surface area contributed by atoms with Gasteiger partial charge in [-0.2, -0.15) is 0 Å². The van der Waals surface area contributed by atoms with Crippen molar-refractivity contribution in [3.8, 4) is 0 Å². The van der Waals surface area contributed by atoms with Gasteiger partial charge in [-0.25, -0.2) is 5.01 Å². The van der Waals surface area contributed by atoms with E-state index >= 15 is 0 Å². The third-order valence-corrected chi connectivity index (χ3v) is 4.29. The highest BCUT2D eigenvalue weighted by Gasteiger charge is 2.27. The van der Waals surface area contributed by atoms with Gasteiger partial charge >= 0.3 is 0 Å². The maximum atomic E-state index is 3.65. The molecule has 0 saturated carbocycles. The molecule has 0 amide bonds. The number of rotatable bonds is 5. The normalized spacial score (nSPS) is 14.9. The number of nitrogens with one attached hydrogen (secondary N) is 1. The molecule has 0 spiro atoms. The lowest BCUT2D eigenvalue weighted by molar-refractivity contribution is 0.0857. The standard InChI is InChI=1S/C19H24N2/c1-15(2)21(20-14-16-8-4-3-5-9-16)19-12-17-10-6-7-11-18(17)13-19/h3-11,15,19-20H,12-14H2,1-2H3. The summed E-state index contributed by atoms with van der Waals surface area (Å²) in [6, 6.07) is 20.5. The van der Waals surface area contributed by atoms with Gasteiger partial charge in [-0.3, -0.25) is 5.43 Å². The van der Waals surface area contributed by atoms with Crippen molar-refractivity contribution in [3.63, 3.8) is 0 Å². The largest absolute Gasteiger partial charge is 0.250 e. The van der Waals surface area contributed by atoms with Crippen LogP contribution in [0.5, 0.6) is 0 Å². The molecule has 2 aromatic rings. The summed E-state index contributed by atoms with van der Waals surface area (Å²) in [6.07, 6.45) is 2.30. The van der Waals surface area contributed by atoms with Crippen LogP contribution in [0.15, 0.2) is 54.6 Å². The Balaban J connectivity index is 1.66. The van der Waals surface area contributed by atoms with Crippen LogP contribution in [0.2, 0.25) is 0 Å². The summed E-state index contributed by atoms with van der Waals surface area (Å²) >= 11 is 0. The van der Waals surface area contributed by atoms with E-state index in [9.17, 15) is 0 Å². The van der Waals surface area contributed by atoms with E-state index in [1.165, 1.54) is 16.7 Å². The molecule has 0 unspecified atom stereocenters. The van der Waals surface area contributed by atoms with E-state index in [1.807, 2.05) is 0 Å². The highest BCUT2D eigenvalue weighted by atomic mass is 15.5. The Bertz CT molecular complexity index is 552. The molecular weight excluding hydrogens is 256 g/mol. The van der Waals surface area contributed by atoms with Crippen LogP contribution in [0.3, 0.4) is 0 Å². The molecule has 1 aliphatic rings. The van der Waals surface area contributed by atoms with Crippen LogP contribution >= 0.6 is 0 Å². The van der Waals surface area contributed by atoms with Crippen LogP contribution in [0.1, 0.15) is 30.5 Å². The smallest absolute Gasteiger partial charge is 0.0353 e. The Morgan fingerprint density at radius 3 is 2.10 bits per heavy atom. The number of nitrogens with zero attached hydrogens (tertiary/aromatic N) is 1. The van der Waals surface area contributed by atoms with Crippen LogP contribution in [-0.2, 0) is 19.4 Å². The molecule has 1 N–H and O–H groups in total. The second-order valence-electron chi connectivity index (χ2n) is 6.15. The van der Waals surface area contributed by atoms with Gasteiger partial charge in [-0.1, -0.05) is 54.6 Å². The SMILES string of the molecule is CC(C)N(NCc1ccccc1)C1Cc2ccccc2C1. The third kappa shape index (κ3) is 3.34. The van der Waals surface area contributed by atoms with Gasteiger partial charge in [-0.05, 0) is 43.4 Å². The minimum atomic E-state index is 0.494. The van der Waals surface area contributed by atoms with Crippen LogP contribution in [0.4, 0.5) is 0 Å². The topological polar surface area (TPSA) is 15.3 Å². The van der Waals surface area contributed by atoms with Gasteiger partial charge in [0.1, 0.15) is 0 Å². The second-order valence-corrected chi connectivity index (χ2v) is 6.15. The van der Waals surface area contributed by atoms with E-state index in [2.05, 4.69) is 78.9 Å². The number of hydrazine groups is 1. The van der Waals surface area contributed by atoms with Crippen molar-refractivity contribution in [3.05, 3.63) is 71.3 Å². The van der Waals surface area contributed by atoms with Crippen molar-refractivity contribution in [2.75, 3.05) is 0 Å². The molecule has 2 aromatic carbocycles. The van der Waals surface area contributed by atoms with Gasteiger partial charge in [0.2, 0.25) is 0 Å². The predicted molar refractivity (Wildman–Crippen MR) is 87.9 cm³/mol. The molecule has 0 aliphatic heterocycles. The molecule has 2 heteroatoms. The maximum absolute atomic E-state index is 3.65. The van der Waals surface area contributed by atoms with Gasteiger partial charge in [0.25, 0.3) is 0 Å². The minimum Gasteiger partial charge on any atom is -0.250 e. The summed E-state index contributed by atoms with van der Waals surface area (Å²) in [7, 11) is 0. The second kappa shape index (κ2) is 6.42. The Hall–Kier alpha value is -1.64. The average molecular weight is 280 g/mol. The zero-order valence-corrected chi connectivity index (χ0v) is 12.9. The average Bonchev–Trinajstić information content (AvgIpc) is 2.91. The lowest BCUT2D eigenvalue weighted by atomic mass is 10.1. The first-order valence-corrected chi connectivity index (χ1v) is 7.86. The quantitative estimate of drug-likeness (QED) is 0.842. The molecule has 0 heterocycles. The highest BCUT2D eigenvalue weighted by molar-refractivity contribution is 5.33. The van der Waals surface area contributed by atoms with Gasteiger partial charge < -0.3 is 0 Å². The Kier molecular flexibility index (Phi) is 4.37. The molecule has 0 saturated heterocycles. The zero-order chi connectivity index (χ0) is 14.7. The maximum Gasteiger partial charge on any atom is 0.0353 e. The summed E-state index contributed by atoms with van der Waals surface area (Å²) in [6.45, 7) is 5.42. The molecule has 0 radical (unpaired) electrons. The first kappa shape index (κ1) is 14.3.